The molecule has 4 aromatic rings. The van der Waals surface area contributed by atoms with Gasteiger partial charge in [0.2, 0.25) is 11.7 Å². The van der Waals surface area contributed by atoms with Crippen molar-refractivity contribution in [3.05, 3.63) is 72.9 Å². The number of halogens is 1. The lowest BCUT2D eigenvalue weighted by molar-refractivity contribution is -0.116. The summed E-state index contributed by atoms with van der Waals surface area (Å²) in [5.41, 5.74) is 1.81. The van der Waals surface area contributed by atoms with Crippen LogP contribution in [-0.2, 0) is 11.3 Å². The lowest BCUT2D eigenvalue weighted by atomic mass is 10.2. The van der Waals surface area contributed by atoms with E-state index in [-0.39, 0.29) is 30.0 Å². The average molecular weight is 363 g/mol. The van der Waals surface area contributed by atoms with Gasteiger partial charge < -0.3 is 14.4 Å². The molecule has 0 aliphatic carbocycles. The SMILES string of the molecule is O=C(Cn1cnc(-c2noc(-c3ccc(F)cc3)n2)c1)Nc1ccccc1. The number of nitrogens with zero attached hydrogens (tertiary/aromatic N) is 4. The summed E-state index contributed by atoms with van der Waals surface area (Å²) in [6.45, 7) is 0.102. The normalized spacial score (nSPS) is 10.7. The molecule has 2 heterocycles. The summed E-state index contributed by atoms with van der Waals surface area (Å²) in [7, 11) is 0. The highest BCUT2D eigenvalue weighted by molar-refractivity contribution is 5.90. The fourth-order valence-electron chi connectivity index (χ4n) is 2.49. The van der Waals surface area contributed by atoms with Crippen LogP contribution in [0, 0.1) is 5.82 Å². The van der Waals surface area contributed by atoms with Gasteiger partial charge in [0.05, 0.1) is 6.33 Å². The first-order chi connectivity index (χ1) is 13.2. The van der Waals surface area contributed by atoms with Crippen LogP contribution in [-0.4, -0.2) is 25.6 Å². The third kappa shape index (κ3) is 3.90. The summed E-state index contributed by atoms with van der Waals surface area (Å²) in [6, 6.07) is 14.9. The van der Waals surface area contributed by atoms with Crippen molar-refractivity contribution in [1.82, 2.24) is 19.7 Å². The summed E-state index contributed by atoms with van der Waals surface area (Å²) < 4.78 is 19.8. The van der Waals surface area contributed by atoms with E-state index in [4.69, 9.17) is 4.52 Å². The van der Waals surface area contributed by atoms with Crippen molar-refractivity contribution in [2.75, 3.05) is 5.32 Å². The molecular formula is C19H14FN5O2. The van der Waals surface area contributed by atoms with Crippen molar-refractivity contribution in [2.24, 2.45) is 0 Å². The Morgan fingerprint density at radius 3 is 2.67 bits per heavy atom. The predicted molar refractivity (Wildman–Crippen MR) is 96.0 cm³/mol. The maximum absolute atomic E-state index is 13.0. The molecule has 2 aromatic heterocycles. The number of para-hydroxylation sites is 1. The van der Waals surface area contributed by atoms with Gasteiger partial charge in [-0.15, -0.1) is 0 Å². The molecular weight excluding hydrogens is 349 g/mol. The Balaban J connectivity index is 1.45. The Kier molecular flexibility index (Phi) is 4.44. The molecule has 0 spiro atoms. The Bertz CT molecular complexity index is 1060. The zero-order chi connectivity index (χ0) is 18.6. The lowest BCUT2D eigenvalue weighted by Gasteiger charge is -2.04. The van der Waals surface area contributed by atoms with Gasteiger partial charge in [-0.3, -0.25) is 4.79 Å². The molecule has 27 heavy (non-hydrogen) atoms. The van der Waals surface area contributed by atoms with Crippen molar-refractivity contribution in [2.45, 2.75) is 6.54 Å². The van der Waals surface area contributed by atoms with Crippen molar-refractivity contribution < 1.29 is 13.7 Å². The first kappa shape index (κ1) is 16.6. The molecule has 0 bridgehead atoms. The summed E-state index contributed by atoms with van der Waals surface area (Å²) in [6.07, 6.45) is 3.18. The van der Waals surface area contributed by atoms with E-state index in [9.17, 15) is 9.18 Å². The number of nitrogens with one attached hydrogen (secondary N) is 1. The number of carbonyl (C=O) groups is 1. The molecule has 4 rings (SSSR count). The number of anilines is 1. The van der Waals surface area contributed by atoms with Gasteiger partial charge in [0.25, 0.3) is 5.89 Å². The fraction of sp³-hybridized carbons (Fsp3) is 0.0526. The van der Waals surface area contributed by atoms with Gasteiger partial charge >= 0.3 is 0 Å². The summed E-state index contributed by atoms with van der Waals surface area (Å²) in [5, 5.41) is 6.69. The van der Waals surface area contributed by atoms with Gasteiger partial charge in [-0.1, -0.05) is 23.4 Å². The van der Waals surface area contributed by atoms with Crippen LogP contribution in [0.2, 0.25) is 0 Å². The van der Waals surface area contributed by atoms with E-state index in [0.717, 1.165) is 5.69 Å². The van der Waals surface area contributed by atoms with Gasteiger partial charge in [0.15, 0.2) is 0 Å². The first-order valence-corrected chi connectivity index (χ1v) is 8.14. The molecule has 1 amide bonds. The molecule has 0 unspecified atom stereocenters. The van der Waals surface area contributed by atoms with Crippen LogP contribution in [0.15, 0.2) is 71.6 Å². The molecule has 8 heteroatoms. The van der Waals surface area contributed by atoms with E-state index in [1.807, 2.05) is 30.3 Å². The maximum Gasteiger partial charge on any atom is 0.258 e. The van der Waals surface area contributed by atoms with Crippen molar-refractivity contribution in [3.8, 4) is 23.0 Å². The largest absolute Gasteiger partial charge is 0.334 e. The van der Waals surface area contributed by atoms with Gasteiger partial charge in [-0.25, -0.2) is 9.37 Å². The van der Waals surface area contributed by atoms with Crippen LogP contribution in [0.4, 0.5) is 10.1 Å². The monoisotopic (exact) mass is 363 g/mol. The predicted octanol–water partition coefficient (Wildman–Crippen LogP) is 3.38. The van der Waals surface area contributed by atoms with Crippen LogP contribution < -0.4 is 5.32 Å². The second kappa shape index (κ2) is 7.20. The van der Waals surface area contributed by atoms with Crippen molar-refractivity contribution >= 4 is 11.6 Å². The lowest BCUT2D eigenvalue weighted by Crippen LogP contribution is -2.17. The minimum absolute atomic E-state index is 0.102. The summed E-state index contributed by atoms with van der Waals surface area (Å²) in [5.74, 6) is 0.0363. The highest BCUT2D eigenvalue weighted by Crippen LogP contribution is 2.21. The van der Waals surface area contributed by atoms with E-state index in [0.29, 0.717) is 11.3 Å². The second-order valence-electron chi connectivity index (χ2n) is 5.78. The quantitative estimate of drug-likeness (QED) is 0.587. The van der Waals surface area contributed by atoms with E-state index in [1.54, 1.807) is 22.9 Å². The van der Waals surface area contributed by atoms with Crippen LogP contribution in [0.25, 0.3) is 23.0 Å². The Morgan fingerprint density at radius 1 is 1.11 bits per heavy atom. The summed E-state index contributed by atoms with van der Waals surface area (Å²) in [4.78, 5) is 20.6. The van der Waals surface area contributed by atoms with Crippen molar-refractivity contribution in [1.29, 1.82) is 0 Å². The van der Waals surface area contributed by atoms with Gasteiger partial charge in [0.1, 0.15) is 18.1 Å². The number of hydrogen-bond donors (Lipinski definition) is 1. The average Bonchev–Trinajstić information content (AvgIpc) is 3.32. The zero-order valence-electron chi connectivity index (χ0n) is 14.0. The molecule has 7 nitrogen and oxygen atoms in total. The first-order valence-electron chi connectivity index (χ1n) is 8.14. The van der Waals surface area contributed by atoms with E-state index >= 15 is 0 Å². The molecule has 0 saturated heterocycles. The van der Waals surface area contributed by atoms with Crippen molar-refractivity contribution in [3.63, 3.8) is 0 Å². The minimum Gasteiger partial charge on any atom is -0.334 e. The standard InChI is InChI=1S/C19H14FN5O2/c20-14-8-6-13(7-9-14)19-23-18(24-27-19)16-10-25(12-21-16)11-17(26)22-15-4-2-1-3-5-15/h1-10,12H,11H2,(H,22,26). The number of imidazole rings is 1. The van der Waals surface area contributed by atoms with Gasteiger partial charge in [0, 0.05) is 17.4 Å². The Morgan fingerprint density at radius 2 is 1.89 bits per heavy atom. The molecule has 0 atom stereocenters. The molecule has 0 radical (unpaired) electrons. The van der Waals surface area contributed by atoms with Gasteiger partial charge in [-0.05, 0) is 36.4 Å². The maximum atomic E-state index is 13.0. The van der Waals surface area contributed by atoms with E-state index in [2.05, 4.69) is 20.4 Å². The number of hydrogen-bond acceptors (Lipinski definition) is 5. The molecule has 0 aliphatic rings. The topological polar surface area (TPSA) is 85.8 Å². The number of benzene rings is 2. The zero-order valence-corrected chi connectivity index (χ0v) is 14.0. The smallest absolute Gasteiger partial charge is 0.258 e. The Labute approximate surface area is 153 Å². The van der Waals surface area contributed by atoms with Crippen LogP contribution in [0.5, 0.6) is 0 Å². The number of carbonyl (C=O) groups excluding carboxylic acids is 1. The number of aromatic nitrogens is 4. The van der Waals surface area contributed by atoms with Crippen LogP contribution >= 0.6 is 0 Å². The highest BCUT2D eigenvalue weighted by atomic mass is 19.1. The van der Waals surface area contributed by atoms with Crippen LogP contribution in [0.3, 0.4) is 0 Å². The van der Waals surface area contributed by atoms with E-state index in [1.165, 1.54) is 18.5 Å². The second-order valence-corrected chi connectivity index (χ2v) is 5.78. The third-order valence-corrected chi connectivity index (χ3v) is 3.76. The molecule has 0 aliphatic heterocycles. The number of rotatable bonds is 5. The van der Waals surface area contributed by atoms with Gasteiger partial charge in [-0.2, -0.15) is 4.98 Å². The Hall–Kier alpha value is -3.81. The van der Waals surface area contributed by atoms with Crippen LogP contribution in [0.1, 0.15) is 0 Å². The third-order valence-electron chi connectivity index (χ3n) is 3.76. The molecule has 1 N–H and O–H groups in total. The molecule has 2 aromatic carbocycles. The summed E-state index contributed by atoms with van der Waals surface area (Å²) >= 11 is 0. The fourth-order valence-corrected chi connectivity index (χ4v) is 2.49. The minimum atomic E-state index is -0.342. The molecule has 134 valence electrons. The molecule has 0 fully saturated rings. The highest BCUT2D eigenvalue weighted by Gasteiger charge is 2.14. The van der Waals surface area contributed by atoms with E-state index < -0.39 is 0 Å². The number of amides is 1. The molecule has 0 saturated carbocycles.